The van der Waals surface area contributed by atoms with Crippen LogP contribution < -0.4 is 4.74 Å². The lowest BCUT2D eigenvalue weighted by atomic mass is 10.7. The van der Waals surface area contributed by atoms with Gasteiger partial charge in [0.05, 0.1) is 7.11 Å². The Bertz CT molecular complexity index is 204. The van der Waals surface area contributed by atoms with Crippen molar-refractivity contribution in [2.75, 3.05) is 7.11 Å². The van der Waals surface area contributed by atoms with Gasteiger partial charge in [0.2, 0.25) is 0 Å². The number of methoxy groups -OCH3 is 1. The van der Waals surface area contributed by atoms with Crippen LogP contribution in [0.5, 0.6) is 6.01 Å². The van der Waals surface area contributed by atoms with Crippen molar-refractivity contribution in [2.24, 2.45) is 0 Å². The van der Waals surface area contributed by atoms with Gasteiger partial charge in [-0.1, -0.05) is 0 Å². The molecule has 0 unspecified atom stereocenters. The lowest BCUT2D eigenvalue weighted by Crippen LogP contribution is -1.89. The standard InChI is InChI=1S/C5H5BrN2O/c1-9-5-7-3-2-4(6)8-5/h2-3H,1H3. The summed E-state index contributed by atoms with van der Waals surface area (Å²) >= 11 is 3.17. The highest BCUT2D eigenvalue weighted by Crippen LogP contribution is 2.07. The van der Waals surface area contributed by atoms with Crippen molar-refractivity contribution >= 4 is 15.9 Å². The van der Waals surface area contributed by atoms with Crippen LogP contribution in [0.3, 0.4) is 0 Å². The summed E-state index contributed by atoms with van der Waals surface area (Å²) in [7, 11) is 1.53. The number of hydrogen-bond acceptors (Lipinski definition) is 3. The number of hydrogen-bond donors (Lipinski definition) is 0. The normalized spacial score (nSPS) is 9.11. The van der Waals surface area contributed by atoms with E-state index in [1.54, 1.807) is 12.3 Å². The molecular formula is C5H5BrN2O. The van der Waals surface area contributed by atoms with E-state index in [1.165, 1.54) is 7.11 Å². The van der Waals surface area contributed by atoms with Crippen LogP contribution in [0.2, 0.25) is 0 Å². The highest BCUT2D eigenvalue weighted by molar-refractivity contribution is 9.10. The van der Waals surface area contributed by atoms with Crippen molar-refractivity contribution in [3.05, 3.63) is 16.9 Å². The summed E-state index contributed by atoms with van der Waals surface area (Å²) in [5.41, 5.74) is 0. The smallest absolute Gasteiger partial charge is 0.317 e. The van der Waals surface area contributed by atoms with Crippen molar-refractivity contribution in [1.29, 1.82) is 0 Å². The van der Waals surface area contributed by atoms with Crippen LogP contribution >= 0.6 is 15.9 Å². The molecule has 1 aromatic heterocycles. The van der Waals surface area contributed by atoms with Crippen molar-refractivity contribution in [3.63, 3.8) is 0 Å². The summed E-state index contributed by atoms with van der Waals surface area (Å²) in [6, 6.07) is 2.12. The van der Waals surface area contributed by atoms with Crippen LogP contribution in [0, 0.1) is 0 Å². The molecule has 1 heterocycles. The van der Waals surface area contributed by atoms with Gasteiger partial charge in [0.25, 0.3) is 0 Å². The van der Waals surface area contributed by atoms with E-state index >= 15 is 0 Å². The molecule has 0 aliphatic heterocycles. The maximum absolute atomic E-state index is 4.74. The summed E-state index contributed by atoms with van der Waals surface area (Å²) in [5.74, 6) is 0. The largest absolute Gasteiger partial charge is 0.467 e. The Morgan fingerprint density at radius 3 is 2.89 bits per heavy atom. The molecule has 0 radical (unpaired) electrons. The minimum atomic E-state index is 0.379. The molecule has 0 saturated carbocycles. The molecule has 0 aliphatic rings. The molecule has 3 nitrogen and oxygen atoms in total. The molecule has 0 aliphatic carbocycles. The number of nitrogens with zero attached hydrogens (tertiary/aromatic N) is 2. The zero-order valence-corrected chi connectivity index (χ0v) is 6.42. The van der Waals surface area contributed by atoms with Gasteiger partial charge in [0, 0.05) is 6.20 Å². The Balaban J connectivity index is 2.94. The third-order valence-corrected chi connectivity index (χ3v) is 1.22. The quantitative estimate of drug-likeness (QED) is 0.623. The van der Waals surface area contributed by atoms with Gasteiger partial charge in [0.15, 0.2) is 0 Å². The molecule has 1 rings (SSSR count). The van der Waals surface area contributed by atoms with Gasteiger partial charge in [0.1, 0.15) is 4.60 Å². The molecule has 0 bridgehead atoms. The van der Waals surface area contributed by atoms with E-state index in [4.69, 9.17) is 4.74 Å². The molecule has 0 atom stereocenters. The van der Waals surface area contributed by atoms with Crippen molar-refractivity contribution in [1.82, 2.24) is 9.97 Å². The molecular weight excluding hydrogens is 184 g/mol. The van der Waals surface area contributed by atoms with Gasteiger partial charge in [-0.25, -0.2) is 4.98 Å². The first-order chi connectivity index (χ1) is 4.33. The Labute approximate surface area is 61.2 Å². The van der Waals surface area contributed by atoms with Gasteiger partial charge in [-0.15, -0.1) is 0 Å². The van der Waals surface area contributed by atoms with E-state index in [-0.39, 0.29) is 0 Å². The summed E-state index contributed by atoms with van der Waals surface area (Å²) in [6.45, 7) is 0. The first-order valence-electron chi connectivity index (χ1n) is 2.35. The second-order valence-electron chi connectivity index (χ2n) is 1.37. The maximum atomic E-state index is 4.74. The third-order valence-electron chi connectivity index (χ3n) is 0.782. The molecule has 4 heteroatoms. The molecule has 0 aromatic carbocycles. The zero-order valence-electron chi connectivity index (χ0n) is 4.84. The fourth-order valence-electron chi connectivity index (χ4n) is 0.418. The second kappa shape index (κ2) is 2.77. The summed E-state index contributed by atoms with van der Waals surface area (Å²) in [6.07, 6.45) is 1.62. The lowest BCUT2D eigenvalue weighted by Gasteiger charge is -1.94. The molecule has 0 amide bonds. The van der Waals surface area contributed by atoms with Crippen molar-refractivity contribution in [3.8, 4) is 6.01 Å². The highest BCUT2D eigenvalue weighted by atomic mass is 79.9. The van der Waals surface area contributed by atoms with E-state index in [9.17, 15) is 0 Å². The molecule has 0 saturated heterocycles. The topological polar surface area (TPSA) is 35.0 Å². The van der Waals surface area contributed by atoms with Gasteiger partial charge in [-0.2, -0.15) is 4.98 Å². The average Bonchev–Trinajstić information content (AvgIpc) is 1.88. The van der Waals surface area contributed by atoms with Crippen LogP contribution in [0.25, 0.3) is 0 Å². The maximum Gasteiger partial charge on any atom is 0.317 e. The minimum Gasteiger partial charge on any atom is -0.467 e. The Morgan fingerprint density at radius 1 is 1.67 bits per heavy atom. The second-order valence-corrected chi connectivity index (χ2v) is 2.18. The summed E-state index contributed by atoms with van der Waals surface area (Å²) in [5, 5.41) is 0. The molecule has 0 fully saturated rings. The van der Waals surface area contributed by atoms with Crippen molar-refractivity contribution in [2.45, 2.75) is 0 Å². The van der Waals surface area contributed by atoms with E-state index in [2.05, 4.69) is 25.9 Å². The van der Waals surface area contributed by atoms with Gasteiger partial charge >= 0.3 is 6.01 Å². The van der Waals surface area contributed by atoms with E-state index < -0.39 is 0 Å². The predicted octanol–water partition coefficient (Wildman–Crippen LogP) is 1.25. The van der Waals surface area contributed by atoms with Crippen molar-refractivity contribution < 1.29 is 4.74 Å². The van der Waals surface area contributed by atoms with Gasteiger partial charge in [-0.3, -0.25) is 0 Å². The van der Waals surface area contributed by atoms with Gasteiger partial charge < -0.3 is 4.74 Å². The van der Waals surface area contributed by atoms with Crippen LogP contribution in [-0.2, 0) is 0 Å². The average molecular weight is 189 g/mol. The summed E-state index contributed by atoms with van der Waals surface area (Å²) in [4.78, 5) is 7.67. The predicted molar refractivity (Wildman–Crippen MR) is 36.3 cm³/mol. The third kappa shape index (κ3) is 1.64. The minimum absolute atomic E-state index is 0.379. The molecule has 1 aromatic rings. The van der Waals surface area contributed by atoms with E-state index in [0.717, 1.165) is 4.60 Å². The molecule has 48 valence electrons. The van der Waals surface area contributed by atoms with Crippen LogP contribution in [0.15, 0.2) is 16.9 Å². The number of aromatic nitrogens is 2. The number of rotatable bonds is 1. The summed E-state index contributed by atoms with van der Waals surface area (Å²) < 4.78 is 5.47. The Morgan fingerprint density at radius 2 is 2.44 bits per heavy atom. The Hall–Kier alpha value is -0.640. The zero-order chi connectivity index (χ0) is 6.69. The monoisotopic (exact) mass is 188 g/mol. The SMILES string of the molecule is COc1nccc(Br)n1. The Kier molecular flexibility index (Phi) is 2.00. The fraction of sp³-hybridized carbons (Fsp3) is 0.200. The number of halogens is 1. The first-order valence-corrected chi connectivity index (χ1v) is 3.15. The molecule has 0 spiro atoms. The number of ether oxygens (including phenoxy) is 1. The van der Waals surface area contributed by atoms with Gasteiger partial charge in [-0.05, 0) is 22.0 Å². The highest BCUT2D eigenvalue weighted by Gasteiger charge is 1.91. The van der Waals surface area contributed by atoms with E-state index in [0.29, 0.717) is 6.01 Å². The van der Waals surface area contributed by atoms with E-state index in [1.807, 2.05) is 0 Å². The molecule has 0 N–H and O–H groups in total. The van der Waals surface area contributed by atoms with Crippen LogP contribution in [0.4, 0.5) is 0 Å². The lowest BCUT2D eigenvalue weighted by molar-refractivity contribution is 0.379. The molecule has 9 heavy (non-hydrogen) atoms. The van der Waals surface area contributed by atoms with Crippen LogP contribution in [-0.4, -0.2) is 17.1 Å². The fourth-order valence-corrected chi connectivity index (χ4v) is 0.688. The first kappa shape index (κ1) is 6.48. The van der Waals surface area contributed by atoms with Crippen LogP contribution in [0.1, 0.15) is 0 Å².